The Morgan fingerprint density at radius 3 is 2.56 bits per heavy atom. The average molecular weight is 272 g/mol. The van der Waals surface area contributed by atoms with Gasteiger partial charge in [-0.15, -0.1) is 0 Å². The summed E-state index contributed by atoms with van der Waals surface area (Å²) in [6.45, 7) is 4.38. The number of halogens is 1. The standard InChI is InChI=1S/C12H17FN2O2S/c1-8-5-9(2)15(7-8)18(16,17)12-4-3-10(13)6-11(12)14/h3-4,6,8-9H,5,7,14H2,1-2H3. The molecule has 0 saturated carbocycles. The fourth-order valence-corrected chi connectivity index (χ4v) is 4.34. The second kappa shape index (κ2) is 4.51. The van der Waals surface area contributed by atoms with Crippen LogP contribution in [0.2, 0.25) is 0 Å². The smallest absolute Gasteiger partial charge is 0.245 e. The van der Waals surface area contributed by atoms with Gasteiger partial charge < -0.3 is 5.73 Å². The lowest BCUT2D eigenvalue weighted by atomic mass is 10.1. The van der Waals surface area contributed by atoms with Crippen LogP contribution in [0.3, 0.4) is 0 Å². The summed E-state index contributed by atoms with van der Waals surface area (Å²) in [5, 5.41) is 0. The van der Waals surface area contributed by atoms with E-state index in [9.17, 15) is 12.8 Å². The first kappa shape index (κ1) is 13.3. The lowest BCUT2D eigenvalue weighted by Crippen LogP contribution is -2.34. The van der Waals surface area contributed by atoms with E-state index in [0.29, 0.717) is 12.5 Å². The van der Waals surface area contributed by atoms with E-state index in [-0.39, 0.29) is 16.6 Å². The molecule has 2 N–H and O–H groups in total. The van der Waals surface area contributed by atoms with E-state index in [1.165, 1.54) is 10.4 Å². The molecule has 1 aromatic rings. The summed E-state index contributed by atoms with van der Waals surface area (Å²) < 4.78 is 39.3. The van der Waals surface area contributed by atoms with Gasteiger partial charge in [0.1, 0.15) is 10.7 Å². The van der Waals surface area contributed by atoms with Crippen molar-refractivity contribution in [1.82, 2.24) is 4.31 Å². The summed E-state index contributed by atoms with van der Waals surface area (Å²) in [6, 6.07) is 3.34. The summed E-state index contributed by atoms with van der Waals surface area (Å²) in [5.41, 5.74) is 5.57. The molecule has 0 aliphatic carbocycles. The molecule has 100 valence electrons. The van der Waals surface area contributed by atoms with Gasteiger partial charge in [-0.25, -0.2) is 12.8 Å². The highest BCUT2D eigenvalue weighted by atomic mass is 32.2. The Labute approximate surface area is 107 Å². The van der Waals surface area contributed by atoms with Crippen molar-refractivity contribution in [2.75, 3.05) is 12.3 Å². The molecule has 0 spiro atoms. The molecule has 2 unspecified atom stereocenters. The normalized spacial score (nSPS) is 25.5. The van der Waals surface area contributed by atoms with Crippen LogP contribution in [0.1, 0.15) is 20.3 Å². The number of rotatable bonds is 2. The van der Waals surface area contributed by atoms with Gasteiger partial charge in [-0.2, -0.15) is 4.31 Å². The predicted molar refractivity (Wildman–Crippen MR) is 67.9 cm³/mol. The van der Waals surface area contributed by atoms with Crippen molar-refractivity contribution in [2.45, 2.75) is 31.2 Å². The van der Waals surface area contributed by atoms with Crippen molar-refractivity contribution in [3.63, 3.8) is 0 Å². The first-order valence-electron chi connectivity index (χ1n) is 5.89. The van der Waals surface area contributed by atoms with Gasteiger partial charge in [0, 0.05) is 12.6 Å². The number of anilines is 1. The minimum absolute atomic E-state index is 0.00940. The van der Waals surface area contributed by atoms with Crippen LogP contribution in [0, 0.1) is 11.7 Å². The number of nitrogens with zero attached hydrogens (tertiary/aromatic N) is 1. The molecule has 1 aliphatic rings. The SMILES string of the molecule is CC1CC(C)N(S(=O)(=O)c2ccc(F)cc2N)C1. The number of nitrogens with two attached hydrogens (primary N) is 1. The minimum atomic E-state index is -3.63. The third-order valence-electron chi connectivity index (χ3n) is 3.29. The Balaban J connectivity index is 2.42. The number of hydrogen-bond acceptors (Lipinski definition) is 3. The van der Waals surface area contributed by atoms with Gasteiger partial charge in [0.15, 0.2) is 0 Å². The van der Waals surface area contributed by atoms with E-state index in [2.05, 4.69) is 0 Å². The molecular weight excluding hydrogens is 255 g/mol. The highest BCUT2D eigenvalue weighted by Gasteiger charge is 2.36. The molecule has 4 nitrogen and oxygen atoms in total. The van der Waals surface area contributed by atoms with Crippen LogP contribution < -0.4 is 5.73 Å². The molecule has 1 saturated heterocycles. The topological polar surface area (TPSA) is 63.4 Å². The van der Waals surface area contributed by atoms with Crippen LogP contribution in [0.4, 0.5) is 10.1 Å². The molecule has 2 atom stereocenters. The number of nitrogen functional groups attached to an aromatic ring is 1. The summed E-state index contributed by atoms with van der Waals surface area (Å²) in [7, 11) is -3.63. The molecule has 18 heavy (non-hydrogen) atoms. The zero-order chi connectivity index (χ0) is 13.5. The first-order valence-corrected chi connectivity index (χ1v) is 7.33. The van der Waals surface area contributed by atoms with Gasteiger partial charge in [-0.05, 0) is 37.5 Å². The monoisotopic (exact) mass is 272 g/mol. The Kier molecular flexibility index (Phi) is 3.33. The summed E-state index contributed by atoms with van der Waals surface area (Å²) in [5.74, 6) is -0.203. The predicted octanol–water partition coefficient (Wildman–Crippen LogP) is 1.83. The first-order chi connectivity index (χ1) is 8.32. The molecule has 1 aromatic carbocycles. The van der Waals surface area contributed by atoms with Crippen LogP contribution >= 0.6 is 0 Å². The Morgan fingerprint density at radius 2 is 2.06 bits per heavy atom. The molecule has 0 amide bonds. The molecule has 2 rings (SSSR count). The Bertz CT molecular complexity index is 559. The summed E-state index contributed by atoms with van der Waals surface area (Å²) in [6.07, 6.45) is 0.834. The zero-order valence-corrected chi connectivity index (χ0v) is 11.2. The molecule has 1 fully saturated rings. The molecular formula is C12H17FN2O2S. The van der Waals surface area contributed by atoms with E-state index in [1.54, 1.807) is 0 Å². The van der Waals surface area contributed by atoms with Crippen LogP contribution in [0.25, 0.3) is 0 Å². The highest BCUT2D eigenvalue weighted by molar-refractivity contribution is 7.89. The average Bonchev–Trinajstić information content (AvgIpc) is 2.57. The Hall–Kier alpha value is -1.14. The van der Waals surface area contributed by atoms with Gasteiger partial charge in [0.2, 0.25) is 10.0 Å². The summed E-state index contributed by atoms with van der Waals surface area (Å²) >= 11 is 0. The molecule has 0 bridgehead atoms. The maximum Gasteiger partial charge on any atom is 0.245 e. The molecule has 0 radical (unpaired) electrons. The summed E-state index contributed by atoms with van der Waals surface area (Å²) in [4.78, 5) is -0.00940. The van der Waals surface area contributed by atoms with Crippen molar-refractivity contribution in [2.24, 2.45) is 5.92 Å². The Morgan fingerprint density at radius 1 is 1.39 bits per heavy atom. The van der Waals surface area contributed by atoms with Crippen LogP contribution in [-0.2, 0) is 10.0 Å². The maximum atomic E-state index is 13.0. The lowest BCUT2D eigenvalue weighted by Gasteiger charge is -2.21. The van der Waals surface area contributed by atoms with Gasteiger partial charge in [-0.1, -0.05) is 6.92 Å². The van der Waals surface area contributed by atoms with Gasteiger partial charge >= 0.3 is 0 Å². The van der Waals surface area contributed by atoms with Crippen molar-refractivity contribution >= 4 is 15.7 Å². The van der Waals surface area contributed by atoms with E-state index in [4.69, 9.17) is 5.73 Å². The van der Waals surface area contributed by atoms with Crippen LogP contribution in [0.15, 0.2) is 23.1 Å². The lowest BCUT2D eigenvalue weighted by molar-refractivity contribution is 0.406. The third-order valence-corrected chi connectivity index (χ3v) is 5.34. The molecule has 6 heteroatoms. The second-order valence-electron chi connectivity index (χ2n) is 4.95. The van der Waals surface area contributed by atoms with Crippen molar-refractivity contribution in [3.8, 4) is 0 Å². The van der Waals surface area contributed by atoms with Crippen molar-refractivity contribution < 1.29 is 12.8 Å². The third kappa shape index (κ3) is 2.22. The second-order valence-corrected chi connectivity index (χ2v) is 6.81. The number of hydrogen-bond donors (Lipinski definition) is 1. The van der Waals surface area contributed by atoms with Gasteiger partial charge in [0.05, 0.1) is 5.69 Å². The van der Waals surface area contributed by atoms with Crippen LogP contribution in [0.5, 0.6) is 0 Å². The fraction of sp³-hybridized carbons (Fsp3) is 0.500. The van der Waals surface area contributed by atoms with E-state index < -0.39 is 15.8 Å². The van der Waals surface area contributed by atoms with Gasteiger partial charge in [0.25, 0.3) is 0 Å². The fourth-order valence-electron chi connectivity index (χ4n) is 2.48. The van der Waals surface area contributed by atoms with E-state index in [0.717, 1.165) is 18.6 Å². The maximum absolute atomic E-state index is 13.0. The molecule has 1 aliphatic heterocycles. The quantitative estimate of drug-likeness (QED) is 0.835. The molecule has 0 aromatic heterocycles. The zero-order valence-electron chi connectivity index (χ0n) is 10.4. The van der Waals surface area contributed by atoms with Crippen LogP contribution in [-0.4, -0.2) is 25.3 Å². The highest BCUT2D eigenvalue weighted by Crippen LogP contribution is 2.31. The minimum Gasteiger partial charge on any atom is -0.398 e. The van der Waals surface area contributed by atoms with Crippen molar-refractivity contribution in [1.29, 1.82) is 0 Å². The van der Waals surface area contributed by atoms with E-state index in [1.807, 2.05) is 13.8 Å². The van der Waals surface area contributed by atoms with Gasteiger partial charge in [-0.3, -0.25) is 0 Å². The van der Waals surface area contributed by atoms with E-state index >= 15 is 0 Å². The number of sulfonamides is 1. The largest absolute Gasteiger partial charge is 0.398 e. The van der Waals surface area contributed by atoms with Crippen molar-refractivity contribution in [3.05, 3.63) is 24.0 Å². The molecule has 1 heterocycles. The number of benzene rings is 1.